The molecule has 260 valence electrons. The van der Waals surface area contributed by atoms with Crippen LogP contribution in [-0.2, 0) is 23.9 Å². The predicted molar refractivity (Wildman–Crippen MR) is 206 cm³/mol. The molecule has 2 fully saturated rings. The predicted octanol–water partition coefficient (Wildman–Crippen LogP) is 5.19. The van der Waals surface area contributed by atoms with Crippen molar-refractivity contribution in [2.24, 2.45) is 0 Å². The lowest BCUT2D eigenvalue weighted by atomic mass is 9.68. The van der Waals surface area contributed by atoms with Gasteiger partial charge in [-0.05, 0) is 62.8 Å². The molecule has 0 N–H and O–H groups in total. The Morgan fingerprint density at radius 3 is 1.56 bits per heavy atom. The SMILES string of the molecule is [C-]#[N+]C([N+]#[C-])=c1s/c(=C/c2nc3c(s2)C2=C(c4sc(/C=c5/sc(=C(C#N)C#N)n(CC)c5=O)nc4C24CCCCC4)C32CCCCC2)c(=O)n1CC. The Labute approximate surface area is 315 Å². The van der Waals surface area contributed by atoms with Gasteiger partial charge < -0.3 is 4.57 Å². The van der Waals surface area contributed by atoms with Gasteiger partial charge in [-0.3, -0.25) is 14.2 Å². The van der Waals surface area contributed by atoms with Gasteiger partial charge in [0, 0.05) is 23.9 Å². The van der Waals surface area contributed by atoms with Crippen LogP contribution in [0.3, 0.4) is 0 Å². The maximum absolute atomic E-state index is 13.5. The second kappa shape index (κ2) is 13.1. The van der Waals surface area contributed by atoms with E-state index >= 15 is 0 Å². The molecule has 4 aromatic rings. The summed E-state index contributed by atoms with van der Waals surface area (Å²) in [6, 6.07) is 3.89. The molecule has 4 heterocycles. The molecule has 4 aliphatic rings. The van der Waals surface area contributed by atoms with E-state index in [1.54, 1.807) is 22.7 Å². The van der Waals surface area contributed by atoms with E-state index in [2.05, 4.69) is 9.69 Å². The lowest BCUT2D eigenvalue weighted by molar-refractivity contribution is 0.366. The molecule has 2 spiro atoms. The molecule has 0 atom stereocenters. The maximum atomic E-state index is 13.5. The first kappa shape index (κ1) is 34.4. The van der Waals surface area contributed by atoms with E-state index in [1.165, 1.54) is 65.5 Å². The van der Waals surface area contributed by atoms with Gasteiger partial charge >= 0.3 is 5.82 Å². The number of nitrogens with zero attached hydrogens (tertiary/aromatic N) is 8. The quantitative estimate of drug-likeness (QED) is 0.264. The molecule has 52 heavy (non-hydrogen) atoms. The lowest BCUT2D eigenvalue weighted by Gasteiger charge is -2.35. The van der Waals surface area contributed by atoms with Gasteiger partial charge in [0.05, 0.1) is 30.2 Å². The zero-order valence-corrected chi connectivity index (χ0v) is 31.9. The van der Waals surface area contributed by atoms with Crippen molar-refractivity contribution in [1.82, 2.24) is 19.1 Å². The molecule has 0 saturated heterocycles. The largest absolute Gasteiger partial charge is 0.553 e. The summed E-state index contributed by atoms with van der Waals surface area (Å²) in [6.45, 7) is 19.4. The first-order valence-corrected chi connectivity index (χ1v) is 20.8. The van der Waals surface area contributed by atoms with E-state index in [0.29, 0.717) is 31.5 Å². The fourth-order valence-electron chi connectivity index (χ4n) is 8.88. The van der Waals surface area contributed by atoms with Crippen molar-refractivity contribution in [3.63, 3.8) is 0 Å². The number of aromatic nitrogens is 4. The zero-order chi connectivity index (χ0) is 36.4. The van der Waals surface area contributed by atoms with E-state index < -0.39 is 0 Å². The first-order valence-electron chi connectivity index (χ1n) is 17.5. The van der Waals surface area contributed by atoms with E-state index in [1.807, 2.05) is 38.1 Å². The van der Waals surface area contributed by atoms with Gasteiger partial charge in [0.1, 0.15) is 40.0 Å². The third-order valence-electron chi connectivity index (χ3n) is 11.1. The molecule has 14 heteroatoms. The topological polar surface area (TPSA) is 126 Å². The van der Waals surface area contributed by atoms with Crippen LogP contribution in [0.25, 0.3) is 44.4 Å². The Kier molecular flexibility index (Phi) is 8.64. The molecule has 0 unspecified atom stereocenters. The highest BCUT2D eigenvalue weighted by atomic mass is 32.1. The van der Waals surface area contributed by atoms with Crippen LogP contribution < -0.4 is 29.5 Å². The summed E-state index contributed by atoms with van der Waals surface area (Å²) < 4.78 is 4.73. The van der Waals surface area contributed by atoms with Crippen LogP contribution in [0.4, 0.5) is 0 Å². The Morgan fingerprint density at radius 2 is 1.15 bits per heavy atom. The van der Waals surface area contributed by atoms with Crippen molar-refractivity contribution in [2.45, 2.75) is 102 Å². The van der Waals surface area contributed by atoms with Crippen LogP contribution in [0.15, 0.2) is 9.59 Å². The average molecular weight is 761 g/mol. The van der Waals surface area contributed by atoms with E-state index in [4.69, 9.17) is 23.1 Å². The van der Waals surface area contributed by atoms with Gasteiger partial charge in [0.2, 0.25) is 0 Å². The first-order chi connectivity index (χ1) is 25.3. The van der Waals surface area contributed by atoms with Crippen molar-refractivity contribution in [3.8, 4) is 12.1 Å². The van der Waals surface area contributed by atoms with Gasteiger partial charge in [-0.2, -0.15) is 20.2 Å². The van der Waals surface area contributed by atoms with Gasteiger partial charge in [-0.1, -0.05) is 38.5 Å². The highest BCUT2D eigenvalue weighted by Gasteiger charge is 2.60. The normalized spacial score (nSPS) is 18.5. The molecule has 4 aromatic heterocycles. The summed E-state index contributed by atoms with van der Waals surface area (Å²) in [5.74, 6) is -0.0929. The van der Waals surface area contributed by atoms with Crippen LogP contribution in [0.1, 0.15) is 109 Å². The standard InChI is InChI=1S/C38H32N8O2S4/c1-5-45-33(47)22(49-35(45)21(19-39)20-40)17-24-43-30-28(51-24)26-27(37(30)13-9-7-10-14-37)29-31(38(26)15-11-8-12-16-38)44-25(52-29)18-23-34(48)46(6-2)36(50-23)32(41-3)42-4/h17-18H,5-16H2,1-2H3/b22-17+,23-18+. The molecule has 10 nitrogen and oxygen atoms in total. The molecule has 0 aliphatic heterocycles. The molecule has 0 aromatic carbocycles. The Balaban J connectivity index is 1.34. The maximum Gasteiger partial charge on any atom is 0.553 e. The molecule has 4 aliphatic carbocycles. The summed E-state index contributed by atoms with van der Waals surface area (Å²) in [7, 11) is 0. The number of fused-ring (bicyclic) bond motifs is 8. The van der Waals surface area contributed by atoms with Crippen molar-refractivity contribution >= 4 is 80.0 Å². The number of rotatable bonds is 4. The minimum atomic E-state index is -0.252. The summed E-state index contributed by atoms with van der Waals surface area (Å²) in [4.78, 5) is 46.9. The fraction of sp³-hybridized carbons (Fsp3) is 0.421. The highest BCUT2D eigenvalue weighted by Crippen LogP contribution is 2.70. The fourth-order valence-corrected chi connectivity index (χ4v) is 13.7. The van der Waals surface area contributed by atoms with Crippen LogP contribution in [-0.4, -0.2) is 19.1 Å². The lowest BCUT2D eigenvalue weighted by Crippen LogP contribution is -2.31. The highest BCUT2D eigenvalue weighted by molar-refractivity contribution is 7.16. The Bertz CT molecular complexity index is 2560. The second-order valence-electron chi connectivity index (χ2n) is 13.6. The average Bonchev–Trinajstić information content (AvgIpc) is 3.99. The minimum Gasteiger partial charge on any atom is -0.302 e. The van der Waals surface area contributed by atoms with Crippen LogP contribution >= 0.6 is 45.3 Å². The number of thiazole rings is 4. The van der Waals surface area contributed by atoms with Crippen LogP contribution in [0.2, 0.25) is 0 Å². The molecule has 0 amide bonds. The van der Waals surface area contributed by atoms with Gasteiger partial charge in [-0.25, -0.2) is 9.97 Å². The smallest absolute Gasteiger partial charge is 0.302 e. The second-order valence-corrected chi connectivity index (χ2v) is 17.7. The summed E-state index contributed by atoms with van der Waals surface area (Å²) in [5.41, 5.74) is 4.01. The third kappa shape index (κ3) is 4.86. The number of nitriles is 2. The molecular formula is C38H32N8O2S4. The third-order valence-corrected chi connectivity index (χ3v) is 15.3. The Morgan fingerprint density at radius 1 is 0.731 bits per heavy atom. The van der Waals surface area contributed by atoms with Crippen molar-refractivity contribution in [2.75, 3.05) is 0 Å². The molecule has 0 radical (unpaired) electrons. The molecule has 2 saturated carbocycles. The van der Waals surface area contributed by atoms with E-state index in [9.17, 15) is 20.1 Å². The van der Waals surface area contributed by atoms with E-state index in [0.717, 1.165) is 72.8 Å². The summed E-state index contributed by atoms with van der Waals surface area (Å²) in [6.07, 6.45) is 14.4. The van der Waals surface area contributed by atoms with Crippen molar-refractivity contribution in [3.05, 3.63) is 93.1 Å². The van der Waals surface area contributed by atoms with Crippen molar-refractivity contribution < 1.29 is 0 Å². The Hall–Kier alpha value is -4.70. The van der Waals surface area contributed by atoms with E-state index in [-0.39, 0.29) is 33.3 Å². The van der Waals surface area contributed by atoms with Gasteiger partial charge in [0.15, 0.2) is 10.2 Å². The van der Waals surface area contributed by atoms with Crippen LogP contribution in [0, 0.1) is 35.8 Å². The number of allylic oxidation sites excluding steroid dienone is 2. The van der Waals surface area contributed by atoms with Crippen LogP contribution in [0.5, 0.6) is 0 Å². The summed E-state index contributed by atoms with van der Waals surface area (Å²) >= 11 is 5.67. The van der Waals surface area contributed by atoms with Gasteiger partial charge in [-0.15, -0.1) is 45.3 Å². The number of hydrogen-bond acceptors (Lipinski definition) is 10. The minimum absolute atomic E-state index is 0.0629. The van der Waals surface area contributed by atoms with Crippen molar-refractivity contribution in [1.29, 1.82) is 10.5 Å². The molecule has 0 bridgehead atoms. The zero-order valence-electron chi connectivity index (χ0n) is 28.7. The monoisotopic (exact) mass is 760 g/mol. The molecule has 8 rings (SSSR count). The molecular weight excluding hydrogens is 729 g/mol. The van der Waals surface area contributed by atoms with Gasteiger partial charge in [0.25, 0.3) is 11.1 Å². The summed E-state index contributed by atoms with van der Waals surface area (Å²) in [5, 5.41) is 20.6. The number of hydrogen-bond donors (Lipinski definition) is 0.